The molecule has 184 valence electrons. The van der Waals surface area contributed by atoms with Crippen molar-refractivity contribution in [3.63, 3.8) is 0 Å². The van der Waals surface area contributed by atoms with Crippen molar-refractivity contribution in [3.8, 4) is 11.1 Å². The Labute approximate surface area is 194 Å². The van der Waals surface area contributed by atoms with Gasteiger partial charge in [0.15, 0.2) is 0 Å². The summed E-state index contributed by atoms with van der Waals surface area (Å²) in [6.07, 6.45) is 1.23. The molecule has 0 aliphatic heterocycles. The van der Waals surface area contributed by atoms with Crippen molar-refractivity contribution >= 4 is 28.4 Å². The third-order valence-corrected chi connectivity index (χ3v) is 6.07. The van der Waals surface area contributed by atoms with Gasteiger partial charge in [-0.15, -0.1) is 0 Å². The van der Waals surface area contributed by atoms with E-state index in [1.807, 2.05) is 0 Å². The van der Waals surface area contributed by atoms with Gasteiger partial charge in [0.05, 0.1) is 17.3 Å². The van der Waals surface area contributed by atoms with Gasteiger partial charge >= 0.3 is 6.18 Å². The number of amides is 1. The molecule has 0 aromatic carbocycles. The molecule has 1 fully saturated rings. The normalized spacial score (nSPS) is 16.9. The summed E-state index contributed by atoms with van der Waals surface area (Å²) in [6.45, 7) is 1.14. The number of rotatable bonds is 6. The number of H-pyrrole nitrogens is 1. The molecule has 1 aliphatic carbocycles. The number of anilines is 1. The number of halogens is 5. The highest BCUT2D eigenvalue weighted by Crippen LogP contribution is 2.41. The molecule has 13 heteroatoms. The minimum Gasteiger partial charge on any atom is -0.352 e. The second kappa shape index (κ2) is 8.17. The summed E-state index contributed by atoms with van der Waals surface area (Å²) in [5, 5.41) is 9.68. The van der Waals surface area contributed by atoms with Crippen LogP contribution in [0.2, 0.25) is 0 Å². The summed E-state index contributed by atoms with van der Waals surface area (Å²) in [4.78, 5) is 23.7. The minimum absolute atomic E-state index is 0.161. The number of fused-ring (bicyclic) bond motifs is 2. The molecule has 5 rings (SSSR count). The van der Waals surface area contributed by atoms with Gasteiger partial charge in [0.1, 0.15) is 11.7 Å². The van der Waals surface area contributed by atoms with Crippen LogP contribution in [-0.2, 0) is 0 Å². The molecule has 0 bridgehead atoms. The number of nitrogens with one attached hydrogen (secondary N) is 3. The first kappa shape index (κ1) is 23.0. The first-order chi connectivity index (χ1) is 16.5. The largest absolute Gasteiger partial charge is 0.408 e. The van der Waals surface area contributed by atoms with E-state index in [1.165, 1.54) is 16.9 Å². The van der Waals surface area contributed by atoms with Crippen LogP contribution in [-0.4, -0.2) is 55.2 Å². The number of alkyl halides is 5. The highest BCUT2D eigenvalue weighted by atomic mass is 19.4. The van der Waals surface area contributed by atoms with Gasteiger partial charge in [-0.3, -0.25) is 4.79 Å². The van der Waals surface area contributed by atoms with Crippen LogP contribution < -0.4 is 10.6 Å². The Morgan fingerprint density at radius 3 is 2.80 bits per heavy atom. The van der Waals surface area contributed by atoms with Crippen molar-refractivity contribution in [1.29, 1.82) is 0 Å². The molecular weight excluding hydrogens is 473 g/mol. The lowest BCUT2D eigenvalue weighted by molar-refractivity contribution is -0.138. The third kappa shape index (κ3) is 4.49. The Morgan fingerprint density at radius 2 is 2.09 bits per heavy atom. The number of carbonyl (C=O) groups excluding carboxylic acids is 1. The van der Waals surface area contributed by atoms with Crippen molar-refractivity contribution in [2.45, 2.75) is 37.9 Å². The summed E-state index contributed by atoms with van der Waals surface area (Å²) in [6, 6.07) is 1.68. The summed E-state index contributed by atoms with van der Waals surface area (Å²) in [7, 11) is 0. The SMILES string of the molecule is C[C@H](Nc1ncc2c(-c3ccn4ncc(C(=O)NCC5CC(F)(F)C5)c4c3)c[nH]c2n1)C(F)(F)F. The zero-order valence-electron chi connectivity index (χ0n) is 18.3. The Bertz CT molecular complexity index is 1400. The van der Waals surface area contributed by atoms with Crippen LogP contribution in [0.5, 0.6) is 0 Å². The second-order valence-electron chi connectivity index (χ2n) is 8.71. The molecule has 0 spiro atoms. The first-order valence-corrected chi connectivity index (χ1v) is 10.8. The molecule has 4 aromatic rings. The van der Waals surface area contributed by atoms with Gasteiger partial charge in [-0.2, -0.15) is 23.3 Å². The fourth-order valence-corrected chi connectivity index (χ4v) is 4.08. The molecule has 8 nitrogen and oxygen atoms in total. The number of aromatic amines is 1. The molecule has 0 saturated heterocycles. The van der Waals surface area contributed by atoms with Gasteiger partial charge in [0.25, 0.3) is 5.91 Å². The third-order valence-electron chi connectivity index (χ3n) is 6.07. The maximum absolute atomic E-state index is 13.0. The number of carbonyl (C=O) groups is 1. The standard InChI is InChI=1S/C22H20F5N7O/c1-11(22(25,26)27)32-20-30-9-15-14(8-28-18(15)33-20)13-2-3-34-17(4-13)16(10-31-34)19(35)29-7-12-5-21(23,24)6-12/h2-4,8-12H,5-7H2,1H3,(H,29,35)(H2,28,30,32,33)/t11-/m0/s1. The van der Waals surface area contributed by atoms with Gasteiger partial charge in [0.2, 0.25) is 11.9 Å². The Balaban J connectivity index is 1.38. The number of hydrogen-bond acceptors (Lipinski definition) is 5. The van der Waals surface area contributed by atoms with E-state index in [0.717, 1.165) is 6.92 Å². The molecule has 4 heterocycles. The van der Waals surface area contributed by atoms with Gasteiger partial charge in [-0.25, -0.2) is 18.3 Å². The topological polar surface area (TPSA) is 100 Å². The lowest BCUT2D eigenvalue weighted by atomic mass is 9.81. The fraction of sp³-hybridized carbons (Fsp3) is 0.364. The highest BCUT2D eigenvalue weighted by molar-refractivity contribution is 6.02. The van der Waals surface area contributed by atoms with Crippen LogP contribution in [0.3, 0.4) is 0 Å². The van der Waals surface area contributed by atoms with Crippen molar-refractivity contribution < 1.29 is 26.7 Å². The lowest BCUT2D eigenvalue weighted by Crippen LogP contribution is -2.42. The predicted octanol–water partition coefficient (Wildman–Crippen LogP) is 4.41. The average molecular weight is 493 g/mol. The number of pyridine rings is 1. The monoisotopic (exact) mass is 493 g/mol. The van der Waals surface area contributed by atoms with Gasteiger partial charge in [0, 0.05) is 48.9 Å². The molecule has 1 amide bonds. The van der Waals surface area contributed by atoms with Crippen LogP contribution in [0.15, 0.2) is 36.9 Å². The van der Waals surface area contributed by atoms with Crippen molar-refractivity contribution in [2.75, 3.05) is 11.9 Å². The quantitative estimate of drug-likeness (QED) is 0.346. The molecule has 0 radical (unpaired) electrons. The Morgan fingerprint density at radius 1 is 1.31 bits per heavy atom. The average Bonchev–Trinajstić information content (AvgIpc) is 3.38. The molecule has 1 saturated carbocycles. The maximum atomic E-state index is 13.0. The predicted molar refractivity (Wildman–Crippen MR) is 117 cm³/mol. The van der Waals surface area contributed by atoms with E-state index in [4.69, 9.17) is 0 Å². The van der Waals surface area contributed by atoms with E-state index in [2.05, 4.69) is 30.7 Å². The van der Waals surface area contributed by atoms with Gasteiger partial charge in [-0.05, 0) is 30.5 Å². The van der Waals surface area contributed by atoms with Crippen LogP contribution in [0.1, 0.15) is 30.1 Å². The first-order valence-electron chi connectivity index (χ1n) is 10.8. The lowest BCUT2D eigenvalue weighted by Gasteiger charge is -2.34. The van der Waals surface area contributed by atoms with E-state index < -0.39 is 24.0 Å². The summed E-state index contributed by atoms with van der Waals surface area (Å²) >= 11 is 0. The van der Waals surface area contributed by atoms with Crippen molar-refractivity contribution in [2.24, 2.45) is 5.92 Å². The molecular formula is C22H20F5N7O. The van der Waals surface area contributed by atoms with Crippen molar-refractivity contribution in [1.82, 2.24) is 29.9 Å². The van der Waals surface area contributed by atoms with Crippen LogP contribution in [0.25, 0.3) is 27.7 Å². The van der Waals surface area contributed by atoms with E-state index in [0.29, 0.717) is 33.2 Å². The highest BCUT2D eigenvalue weighted by Gasteiger charge is 2.45. The smallest absolute Gasteiger partial charge is 0.352 e. The summed E-state index contributed by atoms with van der Waals surface area (Å²) in [5.41, 5.74) is 2.52. The summed E-state index contributed by atoms with van der Waals surface area (Å²) in [5.74, 6) is -3.48. The molecule has 0 unspecified atom stereocenters. The number of aromatic nitrogens is 5. The minimum atomic E-state index is -4.44. The number of nitrogens with zero attached hydrogens (tertiary/aromatic N) is 4. The van der Waals surface area contributed by atoms with Gasteiger partial charge < -0.3 is 15.6 Å². The Hall–Kier alpha value is -3.77. The van der Waals surface area contributed by atoms with Crippen LogP contribution >= 0.6 is 0 Å². The zero-order chi connectivity index (χ0) is 25.0. The molecule has 1 aliphatic rings. The van der Waals surface area contributed by atoms with E-state index >= 15 is 0 Å². The van der Waals surface area contributed by atoms with E-state index in [-0.39, 0.29) is 31.3 Å². The number of hydrogen-bond donors (Lipinski definition) is 3. The summed E-state index contributed by atoms with van der Waals surface area (Å²) < 4.78 is 66.0. The van der Waals surface area contributed by atoms with E-state index in [9.17, 15) is 26.7 Å². The van der Waals surface area contributed by atoms with Crippen LogP contribution in [0.4, 0.5) is 27.9 Å². The Kier molecular flexibility index (Phi) is 5.37. The molecule has 4 aromatic heterocycles. The second-order valence-corrected chi connectivity index (χ2v) is 8.71. The fourth-order valence-electron chi connectivity index (χ4n) is 4.08. The molecule has 1 atom stereocenters. The molecule has 35 heavy (non-hydrogen) atoms. The zero-order valence-corrected chi connectivity index (χ0v) is 18.3. The van der Waals surface area contributed by atoms with Crippen LogP contribution in [0, 0.1) is 5.92 Å². The maximum Gasteiger partial charge on any atom is 0.408 e. The van der Waals surface area contributed by atoms with E-state index in [1.54, 1.807) is 24.5 Å². The van der Waals surface area contributed by atoms with Gasteiger partial charge in [-0.1, -0.05) is 0 Å². The van der Waals surface area contributed by atoms with Crippen molar-refractivity contribution in [3.05, 3.63) is 42.5 Å². The molecule has 3 N–H and O–H groups in total.